The molecule has 0 bridgehead atoms. The van der Waals surface area contributed by atoms with Crippen molar-refractivity contribution in [2.45, 2.75) is 45.6 Å². The van der Waals surface area contributed by atoms with Gasteiger partial charge in [0.25, 0.3) is 0 Å². The second kappa shape index (κ2) is 5.13. The minimum atomic E-state index is 0.627. The molecule has 0 aliphatic heterocycles. The number of nitrogens with zero attached hydrogens (tertiary/aromatic N) is 1. The van der Waals surface area contributed by atoms with Crippen molar-refractivity contribution in [2.75, 3.05) is 27.2 Å². The molecule has 14 heavy (non-hydrogen) atoms. The van der Waals surface area contributed by atoms with Crippen LogP contribution in [0.3, 0.4) is 0 Å². The fraction of sp³-hybridized carbons (Fsp3) is 1.00. The van der Waals surface area contributed by atoms with Gasteiger partial charge in [0.15, 0.2) is 0 Å². The molecule has 0 aromatic carbocycles. The molecule has 1 N–H and O–H groups in total. The average Bonchev–Trinajstić information content (AvgIpc) is 2.83. The van der Waals surface area contributed by atoms with E-state index in [1.54, 1.807) is 0 Å². The highest BCUT2D eigenvalue weighted by molar-refractivity contribution is 4.96. The van der Waals surface area contributed by atoms with Crippen LogP contribution in [-0.2, 0) is 0 Å². The lowest BCUT2D eigenvalue weighted by Crippen LogP contribution is -2.34. The van der Waals surface area contributed by atoms with Crippen LogP contribution >= 0.6 is 0 Å². The molecule has 0 aromatic rings. The second-order valence-electron chi connectivity index (χ2n) is 5.34. The van der Waals surface area contributed by atoms with Crippen molar-refractivity contribution in [2.24, 2.45) is 5.41 Å². The molecule has 1 fully saturated rings. The Kier molecular flexibility index (Phi) is 4.39. The summed E-state index contributed by atoms with van der Waals surface area (Å²) in [5.41, 5.74) is 0.627. The Morgan fingerprint density at radius 3 is 2.43 bits per heavy atom. The smallest absolute Gasteiger partial charge is 0.00925 e. The maximum absolute atomic E-state index is 3.64. The van der Waals surface area contributed by atoms with Gasteiger partial charge in [0, 0.05) is 6.04 Å². The van der Waals surface area contributed by atoms with E-state index in [-0.39, 0.29) is 0 Å². The molecule has 1 saturated carbocycles. The third-order valence-electron chi connectivity index (χ3n) is 3.57. The van der Waals surface area contributed by atoms with Crippen LogP contribution in [-0.4, -0.2) is 38.1 Å². The van der Waals surface area contributed by atoms with E-state index in [1.807, 2.05) is 0 Å². The molecule has 0 amide bonds. The van der Waals surface area contributed by atoms with Crippen molar-refractivity contribution in [3.8, 4) is 0 Å². The lowest BCUT2D eigenvalue weighted by atomic mass is 10.0. The lowest BCUT2D eigenvalue weighted by molar-refractivity contribution is 0.360. The Morgan fingerprint density at radius 2 is 1.93 bits per heavy atom. The van der Waals surface area contributed by atoms with Crippen LogP contribution in [0.4, 0.5) is 0 Å². The van der Waals surface area contributed by atoms with E-state index in [9.17, 15) is 0 Å². The number of hydrogen-bond donors (Lipinski definition) is 1. The highest BCUT2D eigenvalue weighted by Crippen LogP contribution is 2.47. The van der Waals surface area contributed by atoms with Gasteiger partial charge in [0.05, 0.1) is 0 Å². The third-order valence-corrected chi connectivity index (χ3v) is 3.57. The standard InChI is InChI=1S/C12H26N2/c1-11(12(2)7-8-12)13-9-5-6-10-14(3)4/h11,13H,5-10H2,1-4H3. The summed E-state index contributed by atoms with van der Waals surface area (Å²) in [5, 5.41) is 3.64. The van der Waals surface area contributed by atoms with E-state index in [1.165, 1.54) is 38.8 Å². The molecule has 2 heteroatoms. The summed E-state index contributed by atoms with van der Waals surface area (Å²) in [6.45, 7) is 7.13. The first-order valence-corrected chi connectivity index (χ1v) is 5.93. The van der Waals surface area contributed by atoms with E-state index >= 15 is 0 Å². The normalized spacial score (nSPS) is 21.2. The number of hydrogen-bond acceptors (Lipinski definition) is 2. The van der Waals surface area contributed by atoms with Gasteiger partial charge in [-0.05, 0) is 65.2 Å². The van der Waals surface area contributed by atoms with Crippen LogP contribution in [0.5, 0.6) is 0 Å². The Hall–Kier alpha value is -0.0800. The molecule has 0 saturated heterocycles. The molecular formula is C12H26N2. The van der Waals surface area contributed by atoms with Gasteiger partial charge in [-0.15, -0.1) is 0 Å². The Bertz CT molecular complexity index is 162. The van der Waals surface area contributed by atoms with E-state index in [2.05, 4.69) is 38.2 Å². The second-order valence-corrected chi connectivity index (χ2v) is 5.34. The van der Waals surface area contributed by atoms with Crippen LogP contribution in [0, 0.1) is 5.41 Å². The number of nitrogens with one attached hydrogen (secondary N) is 1. The molecule has 84 valence electrons. The lowest BCUT2D eigenvalue weighted by Gasteiger charge is -2.20. The molecule has 0 spiro atoms. The molecule has 1 unspecified atom stereocenters. The van der Waals surface area contributed by atoms with Crippen molar-refractivity contribution < 1.29 is 0 Å². The van der Waals surface area contributed by atoms with Crippen molar-refractivity contribution in [3.05, 3.63) is 0 Å². The first-order valence-electron chi connectivity index (χ1n) is 5.93. The first-order chi connectivity index (χ1) is 6.54. The fourth-order valence-corrected chi connectivity index (χ4v) is 1.75. The van der Waals surface area contributed by atoms with Gasteiger partial charge in [-0.25, -0.2) is 0 Å². The minimum Gasteiger partial charge on any atom is -0.314 e. The quantitative estimate of drug-likeness (QED) is 0.630. The van der Waals surface area contributed by atoms with Crippen molar-refractivity contribution >= 4 is 0 Å². The Morgan fingerprint density at radius 1 is 1.29 bits per heavy atom. The monoisotopic (exact) mass is 198 g/mol. The highest BCUT2D eigenvalue weighted by Gasteiger charge is 2.41. The molecular weight excluding hydrogens is 172 g/mol. The largest absolute Gasteiger partial charge is 0.314 e. The molecule has 1 rings (SSSR count). The van der Waals surface area contributed by atoms with Crippen LogP contribution < -0.4 is 5.32 Å². The predicted octanol–water partition coefficient (Wildman–Crippen LogP) is 2.11. The van der Waals surface area contributed by atoms with Crippen LogP contribution in [0.25, 0.3) is 0 Å². The zero-order valence-corrected chi connectivity index (χ0v) is 10.3. The third kappa shape index (κ3) is 3.97. The zero-order valence-electron chi connectivity index (χ0n) is 10.3. The zero-order chi connectivity index (χ0) is 10.6. The predicted molar refractivity (Wildman–Crippen MR) is 62.6 cm³/mol. The SMILES string of the molecule is CC(NCCCCN(C)C)C1(C)CC1. The van der Waals surface area contributed by atoms with Crippen molar-refractivity contribution in [1.29, 1.82) is 0 Å². The fourth-order valence-electron chi connectivity index (χ4n) is 1.75. The van der Waals surface area contributed by atoms with E-state index in [0.29, 0.717) is 11.5 Å². The van der Waals surface area contributed by atoms with Crippen molar-refractivity contribution in [3.63, 3.8) is 0 Å². The summed E-state index contributed by atoms with van der Waals surface area (Å²) in [5.74, 6) is 0. The van der Waals surface area contributed by atoms with E-state index in [4.69, 9.17) is 0 Å². The number of unbranched alkanes of at least 4 members (excludes halogenated alkanes) is 1. The molecule has 1 atom stereocenters. The molecule has 2 nitrogen and oxygen atoms in total. The Labute approximate surface area is 89.1 Å². The maximum Gasteiger partial charge on any atom is 0.00925 e. The molecule has 1 aliphatic carbocycles. The summed E-state index contributed by atoms with van der Waals surface area (Å²) in [6.07, 6.45) is 5.44. The molecule has 1 aliphatic rings. The van der Waals surface area contributed by atoms with Crippen molar-refractivity contribution in [1.82, 2.24) is 10.2 Å². The van der Waals surface area contributed by atoms with Gasteiger partial charge in [-0.3, -0.25) is 0 Å². The van der Waals surface area contributed by atoms with Gasteiger partial charge in [0.2, 0.25) is 0 Å². The van der Waals surface area contributed by atoms with Gasteiger partial charge in [-0.1, -0.05) is 6.92 Å². The molecule has 0 aromatic heterocycles. The van der Waals surface area contributed by atoms with Gasteiger partial charge in [0.1, 0.15) is 0 Å². The minimum absolute atomic E-state index is 0.627. The average molecular weight is 198 g/mol. The first kappa shape index (κ1) is 12.0. The summed E-state index contributed by atoms with van der Waals surface area (Å²) in [4.78, 5) is 2.26. The topological polar surface area (TPSA) is 15.3 Å². The maximum atomic E-state index is 3.64. The van der Waals surface area contributed by atoms with Gasteiger partial charge >= 0.3 is 0 Å². The van der Waals surface area contributed by atoms with Crippen LogP contribution in [0.1, 0.15) is 39.5 Å². The summed E-state index contributed by atoms with van der Waals surface area (Å²) < 4.78 is 0. The van der Waals surface area contributed by atoms with E-state index in [0.717, 1.165) is 0 Å². The van der Waals surface area contributed by atoms with E-state index < -0.39 is 0 Å². The summed E-state index contributed by atoms with van der Waals surface area (Å²) in [7, 11) is 4.28. The molecule has 0 radical (unpaired) electrons. The van der Waals surface area contributed by atoms with Gasteiger partial charge < -0.3 is 10.2 Å². The van der Waals surface area contributed by atoms with Crippen LogP contribution in [0.2, 0.25) is 0 Å². The van der Waals surface area contributed by atoms with Gasteiger partial charge in [-0.2, -0.15) is 0 Å². The number of rotatable bonds is 7. The highest BCUT2D eigenvalue weighted by atomic mass is 15.0. The Balaban J connectivity index is 1.93. The summed E-state index contributed by atoms with van der Waals surface area (Å²) >= 11 is 0. The summed E-state index contributed by atoms with van der Waals surface area (Å²) in [6, 6.07) is 0.710. The van der Waals surface area contributed by atoms with Crippen LogP contribution in [0.15, 0.2) is 0 Å². The molecule has 0 heterocycles.